The summed E-state index contributed by atoms with van der Waals surface area (Å²) >= 11 is 0. The zero-order chi connectivity index (χ0) is 12.8. The van der Waals surface area contributed by atoms with Crippen LogP contribution in [0.1, 0.15) is 24.5 Å². The normalized spacial score (nSPS) is 10.6. The number of pyridine rings is 1. The molecule has 2 heterocycles. The molecule has 0 aliphatic carbocycles. The second kappa shape index (κ2) is 6.21. The fraction of sp³-hybridized carbons (Fsp3) is 0.357. The van der Waals surface area contributed by atoms with Crippen molar-refractivity contribution in [3.05, 3.63) is 42.0 Å². The number of nitrogens with zero attached hydrogens (tertiary/aromatic N) is 3. The van der Waals surface area contributed by atoms with Gasteiger partial charge in [-0.15, -0.1) is 0 Å². The number of hydrogen-bond acceptors (Lipinski definition) is 4. The van der Waals surface area contributed by atoms with Crippen LogP contribution in [0.25, 0.3) is 11.4 Å². The van der Waals surface area contributed by atoms with Crippen LogP contribution in [-0.4, -0.2) is 21.5 Å². The summed E-state index contributed by atoms with van der Waals surface area (Å²) in [5, 5.41) is 3.33. The molecule has 1 N–H and O–H groups in total. The van der Waals surface area contributed by atoms with Crippen LogP contribution < -0.4 is 5.32 Å². The Morgan fingerprint density at radius 1 is 1.17 bits per heavy atom. The monoisotopic (exact) mass is 242 g/mol. The third-order valence-corrected chi connectivity index (χ3v) is 2.74. The van der Waals surface area contributed by atoms with E-state index in [0.717, 1.165) is 42.0 Å². The van der Waals surface area contributed by atoms with Gasteiger partial charge >= 0.3 is 0 Å². The van der Waals surface area contributed by atoms with Crippen molar-refractivity contribution in [3.8, 4) is 11.4 Å². The average Bonchev–Trinajstić information content (AvgIpc) is 2.41. The van der Waals surface area contributed by atoms with Gasteiger partial charge in [-0.1, -0.05) is 6.92 Å². The van der Waals surface area contributed by atoms with E-state index in [1.807, 2.05) is 25.4 Å². The van der Waals surface area contributed by atoms with E-state index < -0.39 is 0 Å². The van der Waals surface area contributed by atoms with E-state index in [1.165, 1.54) is 0 Å². The van der Waals surface area contributed by atoms with Crippen LogP contribution in [-0.2, 0) is 6.54 Å². The molecule has 0 spiro atoms. The average molecular weight is 242 g/mol. The molecule has 0 radical (unpaired) electrons. The van der Waals surface area contributed by atoms with Gasteiger partial charge in [0.1, 0.15) is 0 Å². The molecule has 4 heteroatoms. The first-order chi connectivity index (χ1) is 8.81. The topological polar surface area (TPSA) is 50.7 Å². The zero-order valence-corrected chi connectivity index (χ0v) is 10.8. The second-order valence-electron chi connectivity index (χ2n) is 4.28. The van der Waals surface area contributed by atoms with Gasteiger partial charge in [0, 0.05) is 42.5 Å². The van der Waals surface area contributed by atoms with Gasteiger partial charge < -0.3 is 5.32 Å². The molecule has 4 nitrogen and oxygen atoms in total. The number of rotatable bonds is 5. The highest BCUT2D eigenvalue weighted by molar-refractivity contribution is 5.57. The van der Waals surface area contributed by atoms with Crippen molar-refractivity contribution in [3.63, 3.8) is 0 Å². The summed E-state index contributed by atoms with van der Waals surface area (Å²) in [4.78, 5) is 12.9. The molecule has 18 heavy (non-hydrogen) atoms. The summed E-state index contributed by atoms with van der Waals surface area (Å²) in [7, 11) is 0. The number of nitrogens with one attached hydrogen (secondary N) is 1. The smallest absolute Gasteiger partial charge is 0.160 e. The minimum absolute atomic E-state index is 0.736. The van der Waals surface area contributed by atoms with Crippen molar-refractivity contribution in [2.45, 2.75) is 26.8 Å². The first-order valence-electron chi connectivity index (χ1n) is 6.24. The van der Waals surface area contributed by atoms with Crippen molar-refractivity contribution in [1.82, 2.24) is 20.3 Å². The molecule has 0 fully saturated rings. The lowest BCUT2D eigenvalue weighted by molar-refractivity contribution is 0.672. The van der Waals surface area contributed by atoms with Crippen LogP contribution in [0.15, 0.2) is 30.9 Å². The molecule has 0 aliphatic heterocycles. The molecule has 0 unspecified atom stereocenters. The Bertz CT molecular complexity index is 493. The van der Waals surface area contributed by atoms with Crippen LogP contribution in [0.5, 0.6) is 0 Å². The molecule has 0 saturated heterocycles. The van der Waals surface area contributed by atoms with Gasteiger partial charge in [0.05, 0.1) is 0 Å². The summed E-state index contributed by atoms with van der Waals surface area (Å²) in [6.45, 7) is 6.03. The summed E-state index contributed by atoms with van der Waals surface area (Å²) in [6, 6.07) is 1.97. The third-order valence-electron chi connectivity index (χ3n) is 2.74. The van der Waals surface area contributed by atoms with E-state index in [-0.39, 0.29) is 0 Å². The lowest BCUT2D eigenvalue weighted by atomic mass is 10.1. The number of aromatic nitrogens is 3. The van der Waals surface area contributed by atoms with E-state index in [1.54, 1.807) is 12.4 Å². The van der Waals surface area contributed by atoms with Crippen molar-refractivity contribution >= 4 is 0 Å². The van der Waals surface area contributed by atoms with Gasteiger partial charge in [0.15, 0.2) is 5.82 Å². The lowest BCUT2D eigenvalue weighted by Crippen LogP contribution is -2.14. The van der Waals surface area contributed by atoms with E-state index in [4.69, 9.17) is 0 Å². The fourth-order valence-corrected chi connectivity index (χ4v) is 1.69. The minimum atomic E-state index is 0.736. The fourth-order valence-electron chi connectivity index (χ4n) is 1.69. The van der Waals surface area contributed by atoms with Crippen molar-refractivity contribution in [2.24, 2.45) is 0 Å². The van der Waals surface area contributed by atoms with Gasteiger partial charge in [-0.05, 0) is 31.5 Å². The molecule has 0 aromatic carbocycles. The Morgan fingerprint density at radius 3 is 2.61 bits per heavy atom. The Balaban J connectivity index is 2.10. The van der Waals surface area contributed by atoms with Crippen LogP contribution in [0.4, 0.5) is 0 Å². The van der Waals surface area contributed by atoms with Gasteiger partial charge in [-0.25, -0.2) is 9.97 Å². The highest BCUT2D eigenvalue weighted by Crippen LogP contribution is 2.17. The van der Waals surface area contributed by atoms with Gasteiger partial charge in [-0.3, -0.25) is 4.98 Å². The largest absolute Gasteiger partial charge is 0.313 e. The predicted octanol–water partition coefficient (Wildman–Crippen LogP) is 2.35. The molecule has 94 valence electrons. The maximum absolute atomic E-state index is 4.40. The number of aryl methyl sites for hydroxylation is 1. The van der Waals surface area contributed by atoms with Crippen molar-refractivity contribution in [1.29, 1.82) is 0 Å². The van der Waals surface area contributed by atoms with E-state index in [0.29, 0.717) is 0 Å². The SMILES string of the molecule is CCCNCc1cnc(-c2cnccc2C)nc1. The Labute approximate surface area is 108 Å². The van der Waals surface area contributed by atoms with E-state index in [9.17, 15) is 0 Å². The summed E-state index contributed by atoms with van der Waals surface area (Å²) in [5.74, 6) is 0.736. The molecular formula is C14H18N4. The molecule has 0 aliphatic rings. The number of hydrogen-bond donors (Lipinski definition) is 1. The Hall–Kier alpha value is -1.81. The Kier molecular flexibility index (Phi) is 4.36. The molecule has 2 aromatic rings. The first kappa shape index (κ1) is 12.6. The molecule has 0 bridgehead atoms. The van der Waals surface area contributed by atoms with Crippen LogP contribution in [0.2, 0.25) is 0 Å². The summed E-state index contributed by atoms with van der Waals surface area (Å²) in [5.41, 5.74) is 3.24. The van der Waals surface area contributed by atoms with Crippen LogP contribution in [0.3, 0.4) is 0 Å². The molecule has 0 atom stereocenters. The summed E-state index contributed by atoms with van der Waals surface area (Å²) in [6.07, 6.45) is 8.46. The first-order valence-corrected chi connectivity index (χ1v) is 6.24. The highest BCUT2D eigenvalue weighted by Gasteiger charge is 2.04. The quantitative estimate of drug-likeness (QED) is 0.818. The second-order valence-corrected chi connectivity index (χ2v) is 4.28. The van der Waals surface area contributed by atoms with E-state index >= 15 is 0 Å². The van der Waals surface area contributed by atoms with E-state index in [2.05, 4.69) is 27.2 Å². The van der Waals surface area contributed by atoms with Crippen molar-refractivity contribution in [2.75, 3.05) is 6.54 Å². The standard InChI is InChI=1S/C14H18N4/c1-3-5-15-7-12-8-17-14(18-9-12)13-10-16-6-4-11(13)2/h4,6,8-10,15H,3,5,7H2,1-2H3. The molecular weight excluding hydrogens is 224 g/mol. The summed E-state index contributed by atoms with van der Waals surface area (Å²) < 4.78 is 0. The molecule has 2 aromatic heterocycles. The molecule has 0 saturated carbocycles. The van der Waals surface area contributed by atoms with Gasteiger partial charge in [-0.2, -0.15) is 0 Å². The maximum atomic E-state index is 4.40. The maximum Gasteiger partial charge on any atom is 0.160 e. The van der Waals surface area contributed by atoms with Crippen LogP contribution >= 0.6 is 0 Å². The van der Waals surface area contributed by atoms with Crippen LogP contribution in [0, 0.1) is 6.92 Å². The molecule has 2 rings (SSSR count). The molecule has 0 amide bonds. The predicted molar refractivity (Wildman–Crippen MR) is 72.0 cm³/mol. The van der Waals surface area contributed by atoms with Gasteiger partial charge in [0.2, 0.25) is 0 Å². The Morgan fingerprint density at radius 2 is 1.94 bits per heavy atom. The van der Waals surface area contributed by atoms with Crippen molar-refractivity contribution < 1.29 is 0 Å². The lowest BCUT2D eigenvalue weighted by Gasteiger charge is -2.05. The third kappa shape index (κ3) is 3.11. The zero-order valence-electron chi connectivity index (χ0n) is 10.8. The highest BCUT2D eigenvalue weighted by atomic mass is 14.9. The van der Waals surface area contributed by atoms with Gasteiger partial charge in [0.25, 0.3) is 0 Å². The minimum Gasteiger partial charge on any atom is -0.313 e.